The molecule has 0 atom stereocenters. The van der Waals surface area contributed by atoms with Gasteiger partial charge in [-0.3, -0.25) is 0 Å². The van der Waals surface area contributed by atoms with Crippen molar-refractivity contribution >= 4 is 15.9 Å². The first-order valence-electron chi connectivity index (χ1n) is 2.68. The SMILES string of the molecule is C=C(F)/C(N)=C\C=C(/C)Br. The van der Waals surface area contributed by atoms with Crippen LogP contribution in [0.5, 0.6) is 0 Å². The molecule has 56 valence electrons. The van der Waals surface area contributed by atoms with E-state index < -0.39 is 5.83 Å². The molecule has 10 heavy (non-hydrogen) atoms. The highest BCUT2D eigenvalue weighted by Crippen LogP contribution is 2.05. The Hall–Kier alpha value is -0.570. The molecule has 0 rings (SSSR count). The van der Waals surface area contributed by atoms with Crippen LogP contribution in [-0.2, 0) is 0 Å². The Labute approximate surface area is 68.2 Å². The monoisotopic (exact) mass is 205 g/mol. The lowest BCUT2D eigenvalue weighted by atomic mass is 10.3. The Morgan fingerprint density at radius 3 is 2.40 bits per heavy atom. The molecule has 0 aromatic heterocycles. The quantitative estimate of drug-likeness (QED) is 0.690. The van der Waals surface area contributed by atoms with Crippen LogP contribution in [0.15, 0.2) is 34.7 Å². The van der Waals surface area contributed by atoms with Crippen molar-refractivity contribution in [1.29, 1.82) is 0 Å². The minimum Gasteiger partial charge on any atom is -0.396 e. The van der Waals surface area contributed by atoms with Crippen LogP contribution in [0.3, 0.4) is 0 Å². The summed E-state index contributed by atoms with van der Waals surface area (Å²) in [6.45, 7) is 4.85. The maximum atomic E-state index is 12.1. The molecular weight excluding hydrogens is 197 g/mol. The molecule has 0 aromatic rings. The van der Waals surface area contributed by atoms with Crippen molar-refractivity contribution in [2.75, 3.05) is 0 Å². The van der Waals surface area contributed by atoms with Gasteiger partial charge in [-0.05, 0) is 17.5 Å². The van der Waals surface area contributed by atoms with Crippen LogP contribution in [0.2, 0.25) is 0 Å². The molecule has 0 saturated carbocycles. The molecule has 0 aromatic carbocycles. The van der Waals surface area contributed by atoms with E-state index in [2.05, 4.69) is 22.5 Å². The first-order valence-corrected chi connectivity index (χ1v) is 3.47. The van der Waals surface area contributed by atoms with Gasteiger partial charge in [-0.2, -0.15) is 0 Å². The normalized spacial score (nSPS) is 13.5. The van der Waals surface area contributed by atoms with Gasteiger partial charge >= 0.3 is 0 Å². The minimum atomic E-state index is -0.606. The van der Waals surface area contributed by atoms with Gasteiger partial charge in [0.2, 0.25) is 0 Å². The number of allylic oxidation sites excluding steroid dienone is 4. The highest BCUT2D eigenvalue weighted by molar-refractivity contribution is 9.11. The lowest BCUT2D eigenvalue weighted by Gasteiger charge is -1.91. The van der Waals surface area contributed by atoms with Crippen molar-refractivity contribution < 1.29 is 4.39 Å². The first-order chi connectivity index (χ1) is 4.54. The van der Waals surface area contributed by atoms with Gasteiger partial charge in [-0.25, -0.2) is 4.39 Å². The topological polar surface area (TPSA) is 26.0 Å². The maximum absolute atomic E-state index is 12.1. The molecular formula is C7H9BrFN. The Morgan fingerprint density at radius 1 is 1.60 bits per heavy atom. The molecule has 0 bridgehead atoms. The average Bonchev–Trinajstić information content (AvgIpc) is 1.82. The molecule has 0 amide bonds. The second-order valence-corrected chi connectivity index (χ2v) is 3.03. The van der Waals surface area contributed by atoms with Gasteiger partial charge < -0.3 is 5.73 Å². The van der Waals surface area contributed by atoms with Crippen molar-refractivity contribution in [2.24, 2.45) is 5.73 Å². The second-order valence-electron chi connectivity index (χ2n) is 1.78. The van der Waals surface area contributed by atoms with E-state index in [0.29, 0.717) is 0 Å². The number of nitrogens with two attached hydrogens (primary N) is 1. The van der Waals surface area contributed by atoms with Gasteiger partial charge in [0.05, 0.1) is 5.70 Å². The molecule has 2 N–H and O–H groups in total. The lowest BCUT2D eigenvalue weighted by Crippen LogP contribution is -1.95. The highest BCUT2D eigenvalue weighted by atomic mass is 79.9. The maximum Gasteiger partial charge on any atom is 0.138 e. The first kappa shape index (κ1) is 9.43. The smallest absolute Gasteiger partial charge is 0.138 e. The summed E-state index contributed by atoms with van der Waals surface area (Å²) in [5, 5.41) is 0. The Balaban J connectivity index is 4.19. The van der Waals surface area contributed by atoms with E-state index in [0.717, 1.165) is 4.48 Å². The molecule has 0 spiro atoms. The fraction of sp³-hybridized carbons (Fsp3) is 0.143. The molecule has 3 heteroatoms. The summed E-state index contributed by atoms with van der Waals surface area (Å²) in [6, 6.07) is 0. The van der Waals surface area contributed by atoms with E-state index >= 15 is 0 Å². The van der Waals surface area contributed by atoms with E-state index in [9.17, 15) is 4.39 Å². The number of hydrogen-bond acceptors (Lipinski definition) is 1. The summed E-state index contributed by atoms with van der Waals surface area (Å²) in [5.41, 5.74) is 5.24. The van der Waals surface area contributed by atoms with Crippen molar-refractivity contribution in [1.82, 2.24) is 0 Å². The number of halogens is 2. The van der Waals surface area contributed by atoms with Gasteiger partial charge in [0.25, 0.3) is 0 Å². The predicted molar refractivity (Wildman–Crippen MR) is 45.2 cm³/mol. The van der Waals surface area contributed by atoms with Gasteiger partial charge in [0, 0.05) is 0 Å². The molecule has 1 nitrogen and oxygen atoms in total. The lowest BCUT2D eigenvalue weighted by molar-refractivity contribution is 0.653. The Kier molecular flexibility index (Phi) is 4.03. The summed E-state index contributed by atoms with van der Waals surface area (Å²) in [4.78, 5) is 0. The molecule has 0 aliphatic rings. The second kappa shape index (κ2) is 4.28. The standard InChI is InChI=1S/C7H9BrFN/c1-5(8)3-4-7(10)6(2)9/h3-4H,2,10H2,1H3/b5-3+,7-4+. The number of hydrogen-bond donors (Lipinski definition) is 1. The fourth-order valence-corrected chi connectivity index (χ4v) is 0.427. The van der Waals surface area contributed by atoms with Crippen LogP contribution in [0.25, 0.3) is 0 Å². The van der Waals surface area contributed by atoms with Gasteiger partial charge in [-0.15, -0.1) is 0 Å². The Bertz CT molecular complexity index is 190. The largest absolute Gasteiger partial charge is 0.396 e. The summed E-state index contributed by atoms with van der Waals surface area (Å²) < 4.78 is 13.0. The Morgan fingerprint density at radius 2 is 2.10 bits per heavy atom. The highest BCUT2D eigenvalue weighted by Gasteiger charge is 1.90. The molecule has 0 heterocycles. The van der Waals surface area contributed by atoms with Crippen LogP contribution in [0.1, 0.15) is 6.92 Å². The third-order valence-corrected chi connectivity index (χ3v) is 1.07. The summed E-state index contributed by atoms with van der Waals surface area (Å²) >= 11 is 3.16. The minimum absolute atomic E-state index is 0.0544. The van der Waals surface area contributed by atoms with Crippen LogP contribution >= 0.6 is 15.9 Å². The summed E-state index contributed by atoms with van der Waals surface area (Å²) in [7, 11) is 0. The van der Waals surface area contributed by atoms with Crippen molar-refractivity contribution in [3.8, 4) is 0 Å². The van der Waals surface area contributed by atoms with E-state index in [1.807, 2.05) is 6.92 Å². The van der Waals surface area contributed by atoms with Crippen LogP contribution < -0.4 is 5.73 Å². The molecule has 0 aliphatic heterocycles. The third kappa shape index (κ3) is 4.32. The van der Waals surface area contributed by atoms with Gasteiger partial charge in [0.1, 0.15) is 5.83 Å². The average molecular weight is 206 g/mol. The van der Waals surface area contributed by atoms with Gasteiger partial charge in [-0.1, -0.05) is 28.6 Å². The molecule has 0 radical (unpaired) electrons. The van der Waals surface area contributed by atoms with E-state index in [-0.39, 0.29) is 5.70 Å². The molecule has 0 saturated heterocycles. The van der Waals surface area contributed by atoms with Crippen molar-refractivity contribution in [2.45, 2.75) is 6.92 Å². The third-order valence-electron chi connectivity index (χ3n) is 0.806. The van der Waals surface area contributed by atoms with Gasteiger partial charge in [0.15, 0.2) is 0 Å². The molecule has 0 aliphatic carbocycles. The molecule has 0 fully saturated rings. The van der Waals surface area contributed by atoms with E-state index in [4.69, 9.17) is 5.73 Å². The van der Waals surface area contributed by atoms with Crippen LogP contribution in [0.4, 0.5) is 4.39 Å². The molecule has 0 unspecified atom stereocenters. The fourth-order valence-electron chi connectivity index (χ4n) is 0.295. The zero-order valence-electron chi connectivity index (χ0n) is 5.70. The predicted octanol–water partition coefficient (Wildman–Crippen LogP) is 2.61. The van der Waals surface area contributed by atoms with E-state index in [1.165, 1.54) is 6.08 Å². The van der Waals surface area contributed by atoms with Crippen molar-refractivity contribution in [3.05, 3.63) is 34.7 Å². The summed E-state index contributed by atoms with van der Waals surface area (Å²) in [5.74, 6) is -0.606. The zero-order chi connectivity index (χ0) is 8.15. The van der Waals surface area contributed by atoms with E-state index in [1.54, 1.807) is 6.08 Å². The van der Waals surface area contributed by atoms with Crippen LogP contribution in [-0.4, -0.2) is 0 Å². The number of rotatable bonds is 2. The zero-order valence-corrected chi connectivity index (χ0v) is 7.28. The summed E-state index contributed by atoms with van der Waals surface area (Å²) in [6.07, 6.45) is 3.10. The van der Waals surface area contributed by atoms with Crippen LogP contribution in [0, 0.1) is 0 Å². The van der Waals surface area contributed by atoms with Crippen molar-refractivity contribution in [3.63, 3.8) is 0 Å².